The summed E-state index contributed by atoms with van der Waals surface area (Å²) in [6.45, 7) is 9.47. The normalized spacial score (nSPS) is 24.1. The van der Waals surface area contributed by atoms with Gasteiger partial charge in [-0.2, -0.15) is 5.10 Å². The van der Waals surface area contributed by atoms with E-state index in [0.29, 0.717) is 0 Å². The van der Waals surface area contributed by atoms with E-state index >= 15 is 0 Å². The number of hydrogen-bond acceptors (Lipinski definition) is 5. The van der Waals surface area contributed by atoms with Crippen molar-refractivity contribution in [2.45, 2.75) is 32.2 Å². The molecule has 1 fully saturated rings. The zero-order valence-corrected chi connectivity index (χ0v) is 13.6. The Hall–Kier alpha value is -1.92. The molecular weight excluding hydrogens is 294 g/mol. The van der Waals surface area contributed by atoms with Gasteiger partial charge in [0.15, 0.2) is 0 Å². The fourth-order valence-corrected chi connectivity index (χ4v) is 4.21. The zero-order chi connectivity index (χ0) is 15.3. The molecule has 22 heavy (non-hydrogen) atoms. The van der Waals surface area contributed by atoms with Gasteiger partial charge in [-0.15, -0.1) is 11.3 Å². The third-order valence-corrected chi connectivity index (χ3v) is 5.69. The van der Waals surface area contributed by atoms with Crippen molar-refractivity contribution in [1.82, 2.24) is 20.8 Å². The van der Waals surface area contributed by atoms with Gasteiger partial charge >= 0.3 is 0 Å². The van der Waals surface area contributed by atoms with Gasteiger partial charge in [-0.1, -0.05) is 6.58 Å². The first-order valence-electron chi connectivity index (χ1n) is 7.51. The molecule has 0 saturated carbocycles. The fraction of sp³-hybridized carbons (Fsp3) is 0.375. The first-order chi connectivity index (χ1) is 10.6. The number of fused-ring (bicyclic) bond motifs is 1. The number of nitrogens with zero attached hydrogens (tertiary/aromatic N) is 2. The van der Waals surface area contributed by atoms with Crippen molar-refractivity contribution < 1.29 is 0 Å². The van der Waals surface area contributed by atoms with E-state index in [1.807, 2.05) is 13.1 Å². The number of hydrogen-bond donors (Lipinski definition) is 3. The Labute approximate surface area is 133 Å². The molecule has 4 heterocycles. The van der Waals surface area contributed by atoms with E-state index in [4.69, 9.17) is 4.99 Å². The number of H-pyrrole nitrogens is 1. The van der Waals surface area contributed by atoms with Crippen LogP contribution in [-0.4, -0.2) is 28.1 Å². The van der Waals surface area contributed by atoms with E-state index in [0.717, 1.165) is 46.3 Å². The molecule has 5 nitrogen and oxygen atoms in total. The summed E-state index contributed by atoms with van der Waals surface area (Å²) in [6, 6.07) is 2.14. The van der Waals surface area contributed by atoms with Crippen LogP contribution in [0.25, 0.3) is 16.1 Å². The monoisotopic (exact) mass is 313 g/mol. The summed E-state index contributed by atoms with van der Waals surface area (Å²) in [7, 11) is 0. The first-order valence-corrected chi connectivity index (χ1v) is 8.33. The third-order valence-electron chi connectivity index (χ3n) is 4.47. The Kier molecular flexibility index (Phi) is 2.99. The molecule has 0 aromatic carbocycles. The molecule has 0 amide bonds. The van der Waals surface area contributed by atoms with Crippen molar-refractivity contribution in [2.75, 3.05) is 6.54 Å². The van der Waals surface area contributed by atoms with Crippen LogP contribution in [0.15, 0.2) is 23.8 Å². The molecule has 0 spiro atoms. The lowest BCUT2D eigenvalue weighted by atomic mass is 9.97. The maximum absolute atomic E-state index is 4.87. The van der Waals surface area contributed by atoms with Crippen molar-refractivity contribution in [3.8, 4) is 10.4 Å². The Morgan fingerprint density at radius 1 is 1.41 bits per heavy atom. The standard InChI is InChI=1S/C16H19N5S/c1-9-11(8-18-21-9)13-7-12-14(22-13)10(2)19-15(20-12)16(3)5-4-6-17-16/h7-8,17H,2,4-6H2,1,3H3,(H,18,21)(H,19,20)/t16-/m0/s1. The van der Waals surface area contributed by atoms with Crippen molar-refractivity contribution in [3.05, 3.63) is 29.4 Å². The van der Waals surface area contributed by atoms with Gasteiger partial charge in [0.25, 0.3) is 0 Å². The van der Waals surface area contributed by atoms with E-state index in [1.165, 1.54) is 11.3 Å². The van der Waals surface area contributed by atoms with Crippen LogP contribution in [-0.2, 0) is 0 Å². The second-order valence-corrected chi connectivity index (χ2v) is 7.21. The topological polar surface area (TPSA) is 65.1 Å². The Bertz CT molecular complexity index is 776. The average Bonchev–Trinajstić information content (AvgIpc) is 3.18. The molecule has 2 aromatic heterocycles. The molecule has 0 aliphatic carbocycles. The van der Waals surface area contributed by atoms with Gasteiger partial charge in [0.1, 0.15) is 5.84 Å². The highest BCUT2D eigenvalue weighted by Gasteiger charge is 2.36. The highest BCUT2D eigenvalue weighted by atomic mass is 32.1. The van der Waals surface area contributed by atoms with Crippen LogP contribution in [0.2, 0.25) is 0 Å². The second kappa shape index (κ2) is 4.79. The lowest BCUT2D eigenvalue weighted by Gasteiger charge is -2.30. The van der Waals surface area contributed by atoms with Crippen LogP contribution >= 0.6 is 11.3 Å². The number of amidine groups is 1. The molecule has 0 radical (unpaired) electrons. The van der Waals surface area contributed by atoms with Gasteiger partial charge < -0.3 is 10.6 Å². The fourth-order valence-electron chi connectivity index (χ4n) is 3.12. The Morgan fingerprint density at radius 3 is 2.95 bits per heavy atom. The SMILES string of the molecule is C=C1NC([C@]2(C)CCCN2)=Nc2cc(-c3cn[nH]c3C)sc21. The Balaban J connectivity index is 1.77. The molecule has 1 saturated heterocycles. The number of thiophene rings is 1. The Morgan fingerprint density at radius 2 is 2.27 bits per heavy atom. The molecule has 1 atom stereocenters. The predicted octanol–water partition coefficient (Wildman–Crippen LogP) is 3.19. The van der Waals surface area contributed by atoms with E-state index in [2.05, 4.69) is 40.4 Å². The molecular formula is C16H19N5S. The summed E-state index contributed by atoms with van der Waals surface area (Å²) in [6.07, 6.45) is 4.15. The highest BCUT2D eigenvalue weighted by Crippen LogP contribution is 2.42. The van der Waals surface area contributed by atoms with E-state index < -0.39 is 0 Å². The van der Waals surface area contributed by atoms with Crippen LogP contribution < -0.4 is 10.6 Å². The van der Waals surface area contributed by atoms with Gasteiger partial charge in [-0.25, -0.2) is 4.99 Å². The van der Waals surface area contributed by atoms with Crippen LogP contribution in [0.1, 0.15) is 30.3 Å². The van der Waals surface area contributed by atoms with Gasteiger partial charge in [0, 0.05) is 16.1 Å². The van der Waals surface area contributed by atoms with Crippen molar-refractivity contribution in [2.24, 2.45) is 4.99 Å². The third kappa shape index (κ3) is 2.02. The predicted molar refractivity (Wildman–Crippen MR) is 91.5 cm³/mol. The van der Waals surface area contributed by atoms with Gasteiger partial charge in [-0.3, -0.25) is 5.10 Å². The smallest absolute Gasteiger partial charge is 0.127 e. The largest absolute Gasteiger partial charge is 0.341 e. The summed E-state index contributed by atoms with van der Waals surface area (Å²) >= 11 is 1.71. The van der Waals surface area contributed by atoms with Crippen molar-refractivity contribution in [1.29, 1.82) is 0 Å². The van der Waals surface area contributed by atoms with Gasteiger partial charge in [0.05, 0.1) is 28.0 Å². The lowest BCUT2D eigenvalue weighted by molar-refractivity contribution is 0.545. The van der Waals surface area contributed by atoms with E-state index in [9.17, 15) is 0 Å². The molecule has 0 bridgehead atoms. The minimum Gasteiger partial charge on any atom is -0.341 e. The second-order valence-electron chi connectivity index (χ2n) is 6.16. The molecule has 2 aliphatic heterocycles. The average molecular weight is 313 g/mol. The van der Waals surface area contributed by atoms with Crippen molar-refractivity contribution in [3.63, 3.8) is 0 Å². The summed E-state index contributed by atoms with van der Waals surface area (Å²) in [5.74, 6) is 0.982. The lowest BCUT2D eigenvalue weighted by Crippen LogP contribution is -2.51. The molecule has 6 heteroatoms. The quantitative estimate of drug-likeness (QED) is 0.798. The highest BCUT2D eigenvalue weighted by molar-refractivity contribution is 7.17. The van der Waals surface area contributed by atoms with Crippen LogP contribution in [0, 0.1) is 6.92 Å². The molecule has 0 unspecified atom stereocenters. The molecule has 3 N–H and O–H groups in total. The van der Waals surface area contributed by atoms with Gasteiger partial charge in [-0.05, 0) is 39.3 Å². The maximum atomic E-state index is 4.87. The summed E-state index contributed by atoms with van der Waals surface area (Å²) in [4.78, 5) is 7.16. The minimum atomic E-state index is -0.0751. The summed E-state index contributed by atoms with van der Waals surface area (Å²) in [5, 5.41) is 14.1. The molecule has 2 aliphatic rings. The van der Waals surface area contributed by atoms with Crippen LogP contribution in [0.3, 0.4) is 0 Å². The van der Waals surface area contributed by atoms with Crippen LogP contribution in [0.5, 0.6) is 0 Å². The van der Waals surface area contributed by atoms with E-state index in [-0.39, 0.29) is 5.54 Å². The van der Waals surface area contributed by atoms with Crippen LogP contribution in [0.4, 0.5) is 5.69 Å². The maximum Gasteiger partial charge on any atom is 0.127 e. The molecule has 4 rings (SSSR count). The number of nitrogens with one attached hydrogen (secondary N) is 3. The number of aromatic nitrogens is 2. The summed E-state index contributed by atoms with van der Waals surface area (Å²) in [5.41, 5.74) is 4.08. The van der Waals surface area contributed by atoms with Crippen molar-refractivity contribution >= 4 is 28.6 Å². The minimum absolute atomic E-state index is 0.0751. The molecule has 2 aromatic rings. The van der Waals surface area contributed by atoms with E-state index in [1.54, 1.807) is 11.3 Å². The number of aliphatic imine (C=N–C) groups is 1. The molecule has 114 valence electrons. The van der Waals surface area contributed by atoms with Gasteiger partial charge in [0.2, 0.25) is 0 Å². The number of rotatable bonds is 2. The number of aromatic amines is 1. The number of aryl methyl sites for hydroxylation is 1. The zero-order valence-electron chi connectivity index (χ0n) is 12.8. The summed E-state index contributed by atoms with van der Waals surface area (Å²) < 4.78 is 0. The first kappa shape index (κ1) is 13.7.